The predicted molar refractivity (Wildman–Crippen MR) is 127 cm³/mol. The maximum Gasteiger partial charge on any atom is 0.146 e. The van der Waals surface area contributed by atoms with E-state index in [1.165, 1.54) is 25.7 Å². The molecule has 3 N–H and O–H groups in total. The molecule has 1 saturated carbocycles. The van der Waals surface area contributed by atoms with Crippen LogP contribution >= 0.6 is 11.9 Å². The molecule has 4 aromatic rings. The summed E-state index contributed by atoms with van der Waals surface area (Å²) in [7, 11) is 1.69. The maximum atomic E-state index is 6.33. The van der Waals surface area contributed by atoms with E-state index in [9.17, 15) is 0 Å². The average molecular weight is 432 g/mol. The number of fused-ring (bicyclic) bond motifs is 1. The van der Waals surface area contributed by atoms with Crippen molar-refractivity contribution in [3.8, 4) is 16.9 Å². The highest BCUT2D eigenvalue weighted by Crippen LogP contribution is 2.41. The van der Waals surface area contributed by atoms with Crippen LogP contribution in [0.15, 0.2) is 66.0 Å². The van der Waals surface area contributed by atoms with Crippen LogP contribution in [-0.2, 0) is 0 Å². The second-order valence-corrected chi connectivity index (χ2v) is 8.66. The second-order valence-electron chi connectivity index (χ2n) is 7.78. The lowest BCUT2D eigenvalue weighted by atomic mass is 10.1. The molecule has 158 valence electrons. The van der Waals surface area contributed by atoms with Gasteiger partial charge in [-0.1, -0.05) is 37.1 Å². The van der Waals surface area contributed by atoms with Crippen molar-refractivity contribution in [2.24, 2.45) is 0 Å². The molecule has 0 aliphatic heterocycles. The topological polar surface area (TPSA) is 78.0 Å². The Bertz CT molecular complexity index is 1200. The van der Waals surface area contributed by atoms with Gasteiger partial charge in [0, 0.05) is 22.7 Å². The normalized spacial score (nSPS) is 14.2. The number of rotatable bonds is 6. The first-order chi connectivity index (χ1) is 15.2. The minimum absolute atomic E-state index is 0.468. The number of anilines is 2. The van der Waals surface area contributed by atoms with Gasteiger partial charge >= 0.3 is 0 Å². The van der Waals surface area contributed by atoms with Crippen LogP contribution in [0, 0.1) is 0 Å². The molecule has 2 aromatic heterocycles. The van der Waals surface area contributed by atoms with Crippen LogP contribution in [0.4, 0.5) is 11.5 Å². The zero-order valence-corrected chi connectivity index (χ0v) is 18.2. The van der Waals surface area contributed by atoms with E-state index in [1.54, 1.807) is 25.4 Å². The highest BCUT2D eigenvalue weighted by Gasteiger charge is 2.23. The molecule has 0 spiro atoms. The van der Waals surface area contributed by atoms with Gasteiger partial charge in [-0.2, -0.15) is 0 Å². The Kier molecular flexibility index (Phi) is 5.42. The molecular formula is C24H25N5OS. The molecular weight excluding hydrogens is 406 g/mol. The zero-order valence-electron chi connectivity index (χ0n) is 17.4. The third-order valence-electron chi connectivity index (χ3n) is 5.89. The number of aromatic nitrogens is 3. The molecule has 1 fully saturated rings. The monoisotopic (exact) mass is 431 g/mol. The van der Waals surface area contributed by atoms with Gasteiger partial charge in [-0.15, -0.1) is 0 Å². The number of hydrogen-bond acceptors (Lipinski definition) is 6. The molecule has 0 bridgehead atoms. The van der Waals surface area contributed by atoms with Gasteiger partial charge in [-0.05, 0) is 54.6 Å². The van der Waals surface area contributed by atoms with Crippen LogP contribution in [0.5, 0.6) is 5.75 Å². The van der Waals surface area contributed by atoms with Crippen LogP contribution in [0.25, 0.3) is 22.2 Å². The fourth-order valence-electron chi connectivity index (χ4n) is 4.35. The summed E-state index contributed by atoms with van der Waals surface area (Å²) >= 11 is 1.55. The number of ether oxygens (including phenoxy) is 1. The van der Waals surface area contributed by atoms with Crippen LogP contribution in [-0.4, -0.2) is 21.6 Å². The smallest absolute Gasteiger partial charge is 0.146 e. The molecule has 2 aromatic carbocycles. The molecule has 0 atom stereocenters. The molecule has 5 rings (SSSR count). The number of nitrogens with one attached hydrogen (secondary N) is 1. The van der Waals surface area contributed by atoms with E-state index in [4.69, 9.17) is 10.5 Å². The lowest BCUT2D eigenvalue weighted by Crippen LogP contribution is -2.04. The first-order valence-corrected chi connectivity index (χ1v) is 11.3. The molecule has 2 heterocycles. The van der Waals surface area contributed by atoms with Gasteiger partial charge in [0.15, 0.2) is 0 Å². The number of methoxy groups -OCH3 is 1. The summed E-state index contributed by atoms with van der Waals surface area (Å²) in [5.74, 6) is 1.30. The maximum absolute atomic E-state index is 6.33. The van der Waals surface area contributed by atoms with Crippen molar-refractivity contribution >= 4 is 34.5 Å². The fourth-order valence-corrected chi connectivity index (χ4v) is 5.03. The van der Waals surface area contributed by atoms with Gasteiger partial charge in [0.25, 0.3) is 0 Å². The fraction of sp³-hybridized carbons (Fsp3) is 0.250. The van der Waals surface area contributed by atoms with E-state index in [1.807, 2.05) is 24.3 Å². The highest BCUT2D eigenvalue weighted by atomic mass is 32.2. The second kappa shape index (κ2) is 8.51. The van der Waals surface area contributed by atoms with E-state index >= 15 is 0 Å². The van der Waals surface area contributed by atoms with E-state index in [2.05, 4.69) is 49.7 Å². The summed E-state index contributed by atoms with van der Waals surface area (Å²) in [6, 6.07) is 16.8. The number of benzene rings is 2. The third-order valence-corrected chi connectivity index (χ3v) is 6.72. The van der Waals surface area contributed by atoms with Crippen molar-refractivity contribution in [1.82, 2.24) is 14.5 Å². The Morgan fingerprint density at radius 3 is 2.68 bits per heavy atom. The van der Waals surface area contributed by atoms with Crippen molar-refractivity contribution in [3.63, 3.8) is 0 Å². The van der Waals surface area contributed by atoms with Gasteiger partial charge in [-0.3, -0.25) is 0 Å². The molecule has 6 nitrogen and oxygen atoms in total. The Morgan fingerprint density at radius 2 is 1.90 bits per heavy atom. The lowest BCUT2D eigenvalue weighted by Gasteiger charge is -2.13. The van der Waals surface area contributed by atoms with Crippen molar-refractivity contribution < 1.29 is 4.74 Å². The summed E-state index contributed by atoms with van der Waals surface area (Å²) < 4.78 is 11.3. The molecule has 31 heavy (non-hydrogen) atoms. The Morgan fingerprint density at radius 1 is 1.10 bits per heavy atom. The van der Waals surface area contributed by atoms with Crippen molar-refractivity contribution in [3.05, 3.63) is 61.1 Å². The standard InChI is InChI=1S/C24H25N5OS/c1-30-21-12-11-16(13-20(21)28-31-18-9-3-2-4-10-18)19-14-29(17-7-5-6-8-17)24-22(19)23(25)26-15-27-24/h2-4,9-15,17,28H,5-8H2,1H3,(H2,25,26,27). The van der Waals surface area contributed by atoms with Crippen LogP contribution < -0.4 is 15.2 Å². The summed E-state index contributed by atoms with van der Waals surface area (Å²) in [6.45, 7) is 0. The minimum Gasteiger partial charge on any atom is -0.495 e. The summed E-state index contributed by atoms with van der Waals surface area (Å²) in [6.07, 6.45) is 8.62. The van der Waals surface area contributed by atoms with Crippen molar-refractivity contribution in [2.45, 2.75) is 36.6 Å². The average Bonchev–Trinajstić information content (AvgIpc) is 3.47. The van der Waals surface area contributed by atoms with Crippen molar-refractivity contribution in [2.75, 3.05) is 17.6 Å². The lowest BCUT2D eigenvalue weighted by molar-refractivity contribution is 0.417. The summed E-state index contributed by atoms with van der Waals surface area (Å²) in [5, 5.41) is 0.918. The molecule has 0 saturated heterocycles. The highest BCUT2D eigenvalue weighted by molar-refractivity contribution is 8.00. The molecule has 7 heteroatoms. The van der Waals surface area contributed by atoms with Gasteiger partial charge in [-0.25, -0.2) is 9.97 Å². The van der Waals surface area contributed by atoms with Crippen LogP contribution in [0.3, 0.4) is 0 Å². The Balaban J connectivity index is 1.57. The number of nitrogens with two attached hydrogens (primary N) is 1. The SMILES string of the molecule is COc1ccc(-c2cn(C3CCCC3)c3ncnc(N)c23)cc1NSc1ccccc1. The molecule has 1 aliphatic rings. The number of nitrogens with zero attached hydrogens (tertiary/aromatic N) is 3. The quantitative estimate of drug-likeness (QED) is 0.369. The van der Waals surface area contributed by atoms with Gasteiger partial charge in [0.05, 0.1) is 18.2 Å². The Hall–Kier alpha value is -3.19. The molecule has 1 aliphatic carbocycles. The zero-order chi connectivity index (χ0) is 21.2. The summed E-state index contributed by atoms with van der Waals surface area (Å²) in [4.78, 5) is 10.00. The van der Waals surface area contributed by atoms with Gasteiger partial charge in [0.2, 0.25) is 0 Å². The molecule has 0 unspecified atom stereocenters. The van der Waals surface area contributed by atoms with E-state index in [0.717, 1.165) is 38.5 Å². The molecule has 0 radical (unpaired) electrons. The molecule has 0 amide bonds. The van der Waals surface area contributed by atoms with Crippen molar-refractivity contribution in [1.29, 1.82) is 0 Å². The van der Waals surface area contributed by atoms with Gasteiger partial charge < -0.3 is 19.8 Å². The van der Waals surface area contributed by atoms with Gasteiger partial charge in [0.1, 0.15) is 23.5 Å². The largest absolute Gasteiger partial charge is 0.495 e. The number of nitrogen functional groups attached to an aromatic ring is 1. The Labute approximate surface area is 186 Å². The summed E-state index contributed by atoms with van der Waals surface area (Å²) in [5.41, 5.74) is 10.3. The van der Waals surface area contributed by atoms with E-state index in [0.29, 0.717) is 11.9 Å². The first-order valence-electron chi connectivity index (χ1n) is 10.5. The van der Waals surface area contributed by atoms with E-state index < -0.39 is 0 Å². The van der Waals surface area contributed by atoms with Crippen LogP contribution in [0.2, 0.25) is 0 Å². The third kappa shape index (κ3) is 3.81. The van der Waals surface area contributed by atoms with Crippen LogP contribution in [0.1, 0.15) is 31.7 Å². The predicted octanol–water partition coefficient (Wildman–Crippen LogP) is 5.92. The first kappa shape index (κ1) is 19.8. The minimum atomic E-state index is 0.468. The number of hydrogen-bond donors (Lipinski definition) is 2. The van der Waals surface area contributed by atoms with E-state index in [-0.39, 0.29) is 0 Å².